The maximum atomic E-state index is 10.9. The summed E-state index contributed by atoms with van der Waals surface area (Å²) in [6.07, 6.45) is -0.656. The molecule has 0 spiro atoms. The van der Waals surface area contributed by atoms with Crippen LogP contribution in [0.1, 0.15) is 17.2 Å². The van der Waals surface area contributed by atoms with Crippen LogP contribution in [0.2, 0.25) is 0 Å². The standard InChI is InChI=1S/C15H16N2O3/c1-11-7-8-13(9-14(11)17(19)20)16-10-15(18)12-5-3-2-4-6-12/h2-9,15-16,18H,10H2,1H3. The number of aliphatic hydroxyl groups is 1. The number of nitrogens with one attached hydrogen (secondary N) is 1. The van der Waals surface area contributed by atoms with Crippen LogP contribution in [0.25, 0.3) is 0 Å². The summed E-state index contributed by atoms with van der Waals surface area (Å²) in [6, 6.07) is 14.2. The van der Waals surface area contributed by atoms with Crippen molar-refractivity contribution >= 4 is 11.4 Å². The molecule has 1 atom stereocenters. The summed E-state index contributed by atoms with van der Waals surface area (Å²) in [7, 11) is 0. The second-order valence-electron chi connectivity index (χ2n) is 4.57. The first-order chi connectivity index (χ1) is 9.58. The largest absolute Gasteiger partial charge is 0.387 e. The Kier molecular flexibility index (Phi) is 4.32. The monoisotopic (exact) mass is 272 g/mol. The van der Waals surface area contributed by atoms with Crippen LogP contribution in [-0.2, 0) is 0 Å². The van der Waals surface area contributed by atoms with E-state index in [4.69, 9.17) is 0 Å². The number of nitro groups is 1. The third kappa shape index (κ3) is 3.33. The molecule has 0 amide bonds. The van der Waals surface area contributed by atoms with Gasteiger partial charge in [0.05, 0.1) is 11.0 Å². The Morgan fingerprint density at radius 1 is 1.25 bits per heavy atom. The van der Waals surface area contributed by atoms with Gasteiger partial charge in [-0.3, -0.25) is 10.1 Å². The molecule has 2 aromatic rings. The number of nitrogens with zero attached hydrogens (tertiary/aromatic N) is 1. The molecule has 2 aromatic carbocycles. The number of aryl methyl sites for hydroxylation is 1. The van der Waals surface area contributed by atoms with Gasteiger partial charge in [0.25, 0.3) is 5.69 Å². The lowest BCUT2D eigenvalue weighted by molar-refractivity contribution is -0.385. The molecular weight excluding hydrogens is 256 g/mol. The number of benzene rings is 2. The highest BCUT2D eigenvalue weighted by Gasteiger charge is 2.12. The van der Waals surface area contributed by atoms with Crippen molar-refractivity contribution in [2.75, 3.05) is 11.9 Å². The number of hydrogen-bond acceptors (Lipinski definition) is 4. The summed E-state index contributed by atoms with van der Waals surface area (Å²) < 4.78 is 0. The van der Waals surface area contributed by atoms with Crippen LogP contribution in [0.5, 0.6) is 0 Å². The van der Waals surface area contributed by atoms with Gasteiger partial charge in [0, 0.05) is 23.9 Å². The van der Waals surface area contributed by atoms with E-state index in [1.54, 1.807) is 19.1 Å². The summed E-state index contributed by atoms with van der Waals surface area (Å²) in [5.41, 5.74) is 2.12. The van der Waals surface area contributed by atoms with E-state index >= 15 is 0 Å². The molecule has 0 saturated heterocycles. The van der Waals surface area contributed by atoms with E-state index in [2.05, 4.69) is 5.32 Å². The van der Waals surface area contributed by atoms with E-state index in [0.717, 1.165) is 5.56 Å². The van der Waals surface area contributed by atoms with Crippen LogP contribution in [0, 0.1) is 17.0 Å². The molecule has 2 N–H and O–H groups in total. The van der Waals surface area contributed by atoms with Crippen molar-refractivity contribution in [3.63, 3.8) is 0 Å². The van der Waals surface area contributed by atoms with E-state index in [-0.39, 0.29) is 5.69 Å². The lowest BCUT2D eigenvalue weighted by Crippen LogP contribution is -2.12. The van der Waals surface area contributed by atoms with Crippen LogP contribution in [0.3, 0.4) is 0 Å². The molecule has 1 unspecified atom stereocenters. The smallest absolute Gasteiger partial charge is 0.274 e. The third-order valence-corrected chi connectivity index (χ3v) is 3.09. The summed E-state index contributed by atoms with van der Waals surface area (Å²) in [4.78, 5) is 10.5. The summed E-state index contributed by atoms with van der Waals surface area (Å²) in [5, 5.41) is 23.9. The van der Waals surface area contributed by atoms with Gasteiger partial charge in [-0.15, -0.1) is 0 Å². The lowest BCUT2D eigenvalue weighted by Gasteiger charge is -2.13. The van der Waals surface area contributed by atoms with Crippen molar-refractivity contribution < 1.29 is 10.0 Å². The van der Waals surface area contributed by atoms with Gasteiger partial charge >= 0.3 is 0 Å². The van der Waals surface area contributed by atoms with Gasteiger partial charge in [-0.2, -0.15) is 0 Å². The number of rotatable bonds is 5. The van der Waals surface area contributed by atoms with Gasteiger partial charge in [0.1, 0.15) is 0 Å². The van der Waals surface area contributed by atoms with Crippen molar-refractivity contribution in [2.24, 2.45) is 0 Å². The Hall–Kier alpha value is -2.40. The molecule has 20 heavy (non-hydrogen) atoms. The van der Waals surface area contributed by atoms with Crippen molar-refractivity contribution in [1.29, 1.82) is 0 Å². The first-order valence-corrected chi connectivity index (χ1v) is 6.30. The van der Waals surface area contributed by atoms with Crippen molar-refractivity contribution in [1.82, 2.24) is 0 Å². The summed E-state index contributed by atoms with van der Waals surface area (Å²) in [6.45, 7) is 1.99. The number of hydrogen-bond donors (Lipinski definition) is 2. The van der Waals surface area contributed by atoms with E-state index < -0.39 is 11.0 Å². The molecule has 5 nitrogen and oxygen atoms in total. The van der Waals surface area contributed by atoms with Gasteiger partial charge in [-0.05, 0) is 18.6 Å². The quantitative estimate of drug-likeness (QED) is 0.648. The minimum Gasteiger partial charge on any atom is -0.387 e. The van der Waals surface area contributed by atoms with Crippen LogP contribution < -0.4 is 5.32 Å². The zero-order valence-corrected chi connectivity index (χ0v) is 11.1. The van der Waals surface area contributed by atoms with E-state index in [0.29, 0.717) is 17.8 Å². The van der Waals surface area contributed by atoms with E-state index in [1.165, 1.54) is 6.07 Å². The Balaban J connectivity index is 2.04. The summed E-state index contributed by atoms with van der Waals surface area (Å²) >= 11 is 0. The number of nitro benzene ring substituents is 1. The molecule has 0 heterocycles. The fraction of sp³-hybridized carbons (Fsp3) is 0.200. The SMILES string of the molecule is Cc1ccc(NCC(O)c2ccccc2)cc1[N+](=O)[O-]. The number of aliphatic hydroxyl groups excluding tert-OH is 1. The molecule has 0 fully saturated rings. The Bertz CT molecular complexity index is 599. The van der Waals surface area contributed by atoms with Crippen molar-refractivity contribution in [3.05, 3.63) is 69.8 Å². The molecule has 0 saturated carbocycles. The van der Waals surface area contributed by atoms with Gasteiger partial charge in [-0.1, -0.05) is 36.4 Å². The minimum absolute atomic E-state index is 0.0733. The Morgan fingerprint density at radius 2 is 1.95 bits per heavy atom. The maximum Gasteiger partial charge on any atom is 0.274 e. The van der Waals surface area contributed by atoms with Crippen molar-refractivity contribution in [3.8, 4) is 0 Å². The number of anilines is 1. The molecule has 0 aliphatic rings. The lowest BCUT2D eigenvalue weighted by atomic mass is 10.1. The zero-order valence-electron chi connectivity index (χ0n) is 11.1. The predicted octanol–water partition coefficient (Wildman–Crippen LogP) is 3.05. The zero-order chi connectivity index (χ0) is 14.5. The van der Waals surface area contributed by atoms with Crippen molar-refractivity contribution in [2.45, 2.75) is 13.0 Å². The fourth-order valence-electron chi connectivity index (χ4n) is 1.92. The van der Waals surface area contributed by atoms with Crippen LogP contribution in [0.15, 0.2) is 48.5 Å². The molecule has 5 heteroatoms. The van der Waals surface area contributed by atoms with Gasteiger partial charge in [0.15, 0.2) is 0 Å². The van der Waals surface area contributed by atoms with E-state index in [9.17, 15) is 15.2 Å². The van der Waals surface area contributed by atoms with Crippen LogP contribution >= 0.6 is 0 Å². The highest BCUT2D eigenvalue weighted by Crippen LogP contribution is 2.23. The summed E-state index contributed by atoms with van der Waals surface area (Å²) in [5.74, 6) is 0. The molecule has 0 aliphatic carbocycles. The van der Waals surface area contributed by atoms with E-state index in [1.807, 2.05) is 30.3 Å². The first kappa shape index (κ1) is 14.0. The molecule has 0 bridgehead atoms. The van der Waals surface area contributed by atoms with Crippen LogP contribution in [0.4, 0.5) is 11.4 Å². The average molecular weight is 272 g/mol. The molecule has 0 aromatic heterocycles. The van der Waals surface area contributed by atoms with Gasteiger partial charge < -0.3 is 10.4 Å². The highest BCUT2D eigenvalue weighted by molar-refractivity contribution is 5.55. The predicted molar refractivity (Wildman–Crippen MR) is 77.7 cm³/mol. The highest BCUT2D eigenvalue weighted by atomic mass is 16.6. The molecular formula is C15H16N2O3. The van der Waals surface area contributed by atoms with Crippen LogP contribution in [-0.4, -0.2) is 16.6 Å². The maximum absolute atomic E-state index is 10.9. The molecule has 104 valence electrons. The van der Waals surface area contributed by atoms with Gasteiger partial charge in [-0.25, -0.2) is 0 Å². The second-order valence-corrected chi connectivity index (χ2v) is 4.57. The normalized spacial score (nSPS) is 11.9. The molecule has 2 rings (SSSR count). The minimum atomic E-state index is -0.656. The topological polar surface area (TPSA) is 75.4 Å². The third-order valence-electron chi connectivity index (χ3n) is 3.09. The van der Waals surface area contributed by atoms with Gasteiger partial charge in [0.2, 0.25) is 0 Å². The second kappa shape index (κ2) is 6.16. The molecule has 0 aliphatic heterocycles. The Morgan fingerprint density at radius 3 is 2.60 bits per heavy atom. The Labute approximate surface area is 117 Å². The first-order valence-electron chi connectivity index (χ1n) is 6.30. The fourth-order valence-corrected chi connectivity index (χ4v) is 1.92. The average Bonchev–Trinajstić information content (AvgIpc) is 2.46. The molecule has 0 radical (unpaired) electrons.